The Hall–Kier alpha value is -0.570. The molecule has 0 aromatic heterocycles. The van der Waals surface area contributed by atoms with Crippen molar-refractivity contribution in [2.24, 2.45) is 5.41 Å². The van der Waals surface area contributed by atoms with E-state index in [1.807, 2.05) is 7.05 Å². The standard InChI is InChI=1S/C8H15NO2/c1-9-6-5-8(7(10)11)3-2-4-8/h9H,2-6H2,1H3,(H,10,11). The molecule has 1 fully saturated rings. The van der Waals surface area contributed by atoms with Gasteiger partial charge in [-0.05, 0) is 32.9 Å². The van der Waals surface area contributed by atoms with Gasteiger partial charge >= 0.3 is 5.97 Å². The number of carboxylic acids is 1. The molecule has 3 heteroatoms. The number of rotatable bonds is 4. The molecule has 0 radical (unpaired) electrons. The predicted octanol–water partition coefficient (Wildman–Crippen LogP) is 0.851. The quantitative estimate of drug-likeness (QED) is 0.636. The second-order valence-corrected chi connectivity index (χ2v) is 3.29. The Kier molecular flexibility index (Phi) is 2.49. The van der Waals surface area contributed by atoms with Gasteiger partial charge in [0.15, 0.2) is 0 Å². The van der Waals surface area contributed by atoms with Crippen molar-refractivity contribution >= 4 is 5.97 Å². The summed E-state index contributed by atoms with van der Waals surface area (Å²) in [6, 6.07) is 0. The molecule has 64 valence electrons. The van der Waals surface area contributed by atoms with Gasteiger partial charge in [-0.25, -0.2) is 0 Å². The Balaban J connectivity index is 2.40. The van der Waals surface area contributed by atoms with E-state index < -0.39 is 5.97 Å². The zero-order valence-electron chi connectivity index (χ0n) is 6.89. The fourth-order valence-corrected chi connectivity index (χ4v) is 1.54. The van der Waals surface area contributed by atoms with E-state index in [4.69, 9.17) is 5.11 Å². The molecule has 0 bridgehead atoms. The summed E-state index contributed by atoms with van der Waals surface area (Å²) in [7, 11) is 1.86. The molecule has 0 aromatic rings. The van der Waals surface area contributed by atoms with E-state index in [2.05, 4.69) is 5.32 Å². The molecule has 0 unspecified atom stereocenters. The molecule has 3 nitrogen and oxygen atoms in total. The molecular weight excluding hydrogens is 142 g/mol. The summed E-state index contributed by atoms with van der Waals surface area (Å²) >= 11 is 0. The molecule has 0 heterocycles. The van der Waals surface area contributed by atoms with Crippen LogP contribution in [0.1, 0.15) is 25.7 Å². The van der Waals surface area contributed by atoms with E-state index >= 15 is 0 Å². The Bertz CT molecular complexity index is 152. The van der Waals surface area contributed by atoms with Crippen LogP contribution in [0.25, 0.3) is 0 Å². The van der Waals surface area contributed by atoms with Gasteiger partial charge in [-0.1, -0.05) is 6.42 Å². The van der Waals surface area contributed by atoms with Crippen LogP contribution in [0, 0.1) is 5.41 Å². The third-order valence-corrected chi connectivity index (χ3v) is 2.62. The van der Waals surface area contributed by atoms with Crippen LogP contribution in [0.15, 0.2) is 0 Å². The lowest BCUT2D eigenvalue weighted by molar-refractivity contribution is -0.155. The minimum atomic E-state index is -0.612. The van der Waals surface area contributed by atoms with Crippen LogP contribution in [0.4, 0.5) is 0 Å². The molecule has 1 rings (SSSR count). The zero-order valence-corrected chi connectivity index (χ0v) is 6.89. The lowest BCUT2D eigenvalue weighted by Gasteiger charge is -2.37. The zero-order chi connectivity index (χ0) is 8.32. The molecular formula is C8H15NO2. The Morgan fingerprint density at radius 1 is 1.64 bits per heavy atom. The number of hydrogen-bond donors (Lipinski definition) is 2. The first-order chi connectivity index (χ1) is 5.21. The molecule has 1 aliphatic carbocycles. The third kappa shape index (κ3) is 1.53. The van der Waals surface area contributed by atoms with Crippen molar-refractivity contribution in [3.8, 4) is 0 Å². The molecule has 11 heavy (non-hydrogen) atoms. The minimum Gasteiger partial charge on any atom is -0.481 e. The van der Waals surface area contributed by atoms with Gasteiger partial charge < -0.3 is 10.4 Å². The van der Waals surface area contributed by atoms with E-state index in [0.29, 0.717) is 0 Å². The summed E-state index contributed by atoms with van der Waals surface area (Å²) in [5.41, 5.74) is -0.372. The summed E-state index contributed by atoms with van der Waals surface area (Å²) in [6.07, 6.45) is 3.59. The van der Waals surface area contributed by atoms with Crippen LogP contribution < -0.4 is 5.32 Å². The first-order valence-electron chi connectivity index (χ1n) is 4.09. The first-order valence-corrected chi connectivity index (χ1v) is 4.09. The van der Waals surface area contributed by atoms with Crippen LogP contribution in [0.5, 0.6) is 0 Å². The van der Waals surface area contributed by atoms with Gasteiger partial charge in [-0.3, -0.25) is 4.79 Å². The highest BCUT2D eigenvalue weighted by Gasteiger charge is 2.43. The van der Waals surface area contributed by atoms with Crippen molar-refractivity contribution < 1.29 is 9.90 Å². The van der Waals surface area contributed by atoms with Gasteiger partial charge in [0, 0.05) is 0 Å². The fourth-order valence-electron chi connectivity index (χ4n) is 1.54. The lowest BCUT2D eigenvalue weighted by Crippen LogP contribution is -2.39. The number of nitrogens with one attached hydrogen (secondary N) is 1. The lowest BCUT2D eigenvalue weighted by atomic mass is 9.67. The number of hydrogen-bond acceptors (Lipinski definition) is 2. The average molecular weight is 157 g/mol. The van der Waals surface area contributed by atoms with E-state index in [1.54, 1.807) is 0 Å². The molecule has 1 aliphatic rings. The molecule has 0 saturated heterocycles. The molecule has 2 N–H and O–H groups in total. The van der Waals surface area contributed by atoms with Gasteiger partial charge in [0.1, 0.15) is 0 Å². The van der Waals surface area contributed by atoms with E-state index in [-0.39, 0.29) is 5.41 Å². The van der Waals surface area contributed by atoms with Crippen molar-refractivity contribution in [1.29, 1.82) is 0 Å². The van der Waals surface area contributed by atoms with Crippen molar-refractivity contribution in [2.75, 3.05) is 13.6 Å². The summed E-state index contributed by atoms with van der Waals surface area (Å²) in [5.74, 6) is -0.612. The topological polar surface area (TPSA) is 49.3 Å². The highest BCUT2D eigenvalue weighted by molar-refractivity contribution is 5.75. The third-order valence-electron chi connectivity index (χ3n) is 2.62. The van der Waals surface area contributed by atoms with Gasteiger partial charge in [0.05, 0.1) is 5.41 Å². The SMILES string of the molecule is CNCCC1(C(=O)O)CCC1. The molecule has 0 amide bonds. The van der Waals surface area contributed by atoms with Crippen LogP contribution in [-0.2, 0) is 4.79 Å². The highest BCUT2D eigenvalue weighted by Crippen LogP contribution is 2.43. The van der Waals surface area contributed by atoms with Crippen molar-refractivity contribution in [1.82, 2.24) is 5.32 Å². The first kappa shape index (κ1) is 8.53. The van der Waals surface area contributed by atoms with Crippen molar-refractivity contribution in [2.45, 2.75) is 25.7 Å². The summed E-state index contributed by atoms with van der Waals surface area (Å²) < 4.78 is 0. The molecule has 0 aliphatic heterocycles. The maximum atomic E-state index is 10.8. The van der Waals surface area contributed by atoms with E-state index in [0.717, 1.165) is 32.2 Å². The second-order valence-electron chi connectivity index (χ2n) is 3.29. The summed E-state index contributed by atoms with van der Waals surface area (Å²) in [6.45, 7) is 0.812. The largest absolute Gasteiger partial charge is 0.481 e. The summed E-state index contributed by atoms with van der Waals surface area (Å²) in [4.78, 5) is 10.8. The fraction of sp³-hybridized carbons (Fsp3) is 0.875. The van der Waals surface area contributed by atoms with Gasteiger partial charge in [0.25, 0.3) is 0 Å². The monoisotopic (exact) mass is 157 g/mol. The molecule has 0 spiro atoms. The van der Waals surface area contributed by atoms with Crippen LogP contribution in [-0.4, -0.2) is 24.7 Å². The van der Waals surface area contributed by atoms with E-state index in [9.17, 15) is 4.79 Å². The minimum absolute atomic E-state index is 0.372. The van der Waals surface area contributed by atoms with Gasteiger partial charge in [-0.2, -0.15) is 0 Å². The predicted molar refractivity (Wildman–Crippen MR) is 42.5 cm³/mol. The Labute approximate surface area is 66.8 Å². The van der Waals surface area contributed by atoms with Gasteiger partial charge in [-0.15, -0.1) is 0 Å². The summed E-state index contributed by atoms with van der Waals surface area (Å²) in [5, 5.41) is 11.9. The maximum absolute atomic E-state index is 10.8. The second kappa shape index (κ2) is 3.22. The van der Waals surface area contributed by atoms with E-state index in [1.165, 1.54) is 0 Å². The smallest absolute Gasteiger partial charge is 0.309 e. The van der Waals surface area contributed by atoms with Crippen LogP contribution in [0.2, 0.25) is 0 Å². The van der Waals surface area contributed by atoms with Crippen molar-refractivity contribution in [3.05, 3.63) is 0 Å². The molecule has 0 atom stereocenters. The molecule has 0 aromatic carbocycles. The maximum Gasteiger partial charge on any atom is 0.309 e. The van der Waals surface area contributed by atoms with Crippen LogP contribution in [0.3, 0.4) is 0 Å². The Morgan fingerprint density at radius 2 is 2.27 bits per heavy atom. The highest BCUT2D eigenvalue weighted by atomic mass is 16.4. The number of carboxylic acid groups (broad SMARTS) is 1. The average Bonchev–Trinajstić information content (AvgIpc) is 1.85. The number of aliphatic carboxylic acids is 1. The normalized spacial score (nSPS) is 20.8. The van der Waals surface area contributed by atoms with Gasteiger partial charge in [0.2, 0.25) is 0 Å². The molecule has 1 saturated carbocycles. The Morgan fingerprint density at radius 3 is 2.55 bits per heavy atom. The van der Waals surface area contributed by atoms with Crippen molar-refractivity contribution in [3.63, 3.8) is 0 Å². The van der Waals surface area contributed by atoms with Crippen LogP contribution >= 0.6 is 0 Å². The number of carbonyl (C=O) groups is 1.